The van der Waals surface area contributed by atoms with Crippen LogP contribution in [0, 0.1) is 12.8 Å². The van der Waals surface area contributed by atoms with E-state index in [4.69, 9.17) is 0 Å². The van der Waals surface area contributed by atoms with E-state index in [2.05, 4.69) is 15.3 Å². The lowest BCUT2D eigenvalue weighted by Gasteiger charge is -2.14. The van der Waals surface area contributed by atoms with Crippen molar-refractivity contribution in [3.8, 4) is 11.1 Å². The zero-order valence-corrected chi connectivity index (χ0v) is 20.2. The molecule has 0 aliphatic heterocycles. The minimum atomic E-state index is -0.716. The maximum absolute atomic E-state index is 13.3. The number of amides is 1. The number of carbonyl (C=O) groups is 2. The zero-order valence-electron chi connectivity index (χ0n) is 20.2. The Morgan fingerprint density at radius 3 is 2.47 bits per heavy atom. The molecule has 1 amide bonds. The number of halogens is 1. The van der Waals surface area contributed by atoms with Crippen LogP contribution in [0.2, 0.25) is 0 Å². The highest BCUT2D eigenvalue weighted by Crippen LogP contribution is 2.30. The normalized spacial score (nSPS) is 12.7. The van der Waals surface area contributed by atoms with Crippen LogP contribution in [0.15, 0.2) is 35.4 Å². The summed E-state index contributed by atoms with van der Waals surface area (Å²) in [7, 11) is 0. The van der Waals surface area contributed by atoms with Crippen LogP contribution in [-0.2, 0) is 11.3 Å². The van der Waals surface area contributed by atoms with Gasteiger partial charge in [-0.1, -0.05) is 20.8 Å². The van der Waals surface area contributed by atoms with Crippen molar-refractivity contribution in [2.75, 3.05) is 12.0 Å². The zero-order chi connectivity index (χ0) is 24.8. The van der Waals surface area contributed by atoms with E-state index in [0.717, 1.165) is 24.8 Å². The van der Waals surface area contributed by atoms with E-state index in [1.807, 2.05) is 27.7 Å². The summed E-state index contributed by atoms with van der Waals surface area (Å²) in [6.45, 7) is 6.91. The Kier molecular flexibility index (Phi) is 8.26. The van der Waals surface area contributed by atoms with E-state index in [0.29, 0.717) is 40.0 Å². The molecule has 3 aromatic rings. The number of aromatic nitrogens is 3. The topological polar surface area (TPSA) is 94.0 Å². The van der Waals surface area contributed by atoms with Gasteiger partial charge in [-0.2, -0.15) is 0 Å². The van der Waals surface area contributed by atoms with Crippen LogP contribution < -0.4 is 10.9 Å². The number of hydrogen-bond donors (Lipinski definition) is 1. The average molecular weight is 467 g/mol. The van der Waals surface area contributed by atoms with E-state index < -0.39 is 6.67 Å². The quantitative estimate of drug-likeness (QED) is 0.467. The minimum absolute atomic E-state index is 0.0190. The Bertz CT molecular complexity index is 1260. The smallest absolute Gasteiger partial charge is 0.259 e. The SMILES string of the molecule is CC.CCCC(=O)c1cc(C)c(-c2cc3cnc(NC(=O)C4CC4)cc3n(CCF)c2=O)cn1. The van der Waals surface area contributed by atoms with Gasteiger partial charge >= 0.3 is 0 Å². The Morgan fingerprint density at radius 2 is 1.85 bits per heavy atom. The van der Waals surface area contributed by atoms with Crippen LogP contribution in [0.25, 0.3) is 22.0 Å². The molecule has 0 saturated heterocycles. The van der Waals surface area contributed by atoms with Gasteiger partial charge in [0, 0.05) is 47.3 Å². The predicted octanol–water partition coefficient (Wildman–Crippen LogP) is 5.09. The van der Waals surface area contributed by atoms with Crippen molar-refractivity contribution in [1.29, 1.82) is 0 Å². The first kappa shape index (κ1) is 25.2. The second kappa shape index (κ2) is 11.1. The van der Waals surface area contributed by atoms with Gasteiger partial charge in [0.2, 0.25) is 5.91 Å². The molecule has 8 heteroatoms. The van der Waals surface area contributed by atoms with Gasteiger partial charge in [0.25, 0.3) is 5.56 Å². The maximum Gasteiger partial charge on any atom is 0.259 e. The first-order chi connectivity index (χ1) is 16.4. The maximum atomic E-state index is 13.3. The molecule has 0 aromatic carbocycles. The van der Waals surface area contributed by atoms with Crippen molar-refractivity contribution < 1.29 is 14.0 Å². The lowest BCUT2D eigenvalue weighted by atomic mass is 10.0. The number of hydrogen-bond acceptors (Lipinski definition) is 5. The van der Waals surface area contributed by atoms with Crippen molar-refractivity contribution >= 4 is 28.4 Å². The number of ketones is 1. The third-order valence-corrected chi connectivity index (χ3v) is 5.65. The Morgan fingerprint density at radius 1 is 1.12 bits per heavy atom. The molecule has 1 aliphatic carbocycles. The first-order valence-electron chi connectivity index (χ1n) is 11.8. The largest absolute Gasteiger partial charge is 0.310 e. The minimum Gasteiger partial charge on any atom is -0.310 e. The molecule has 0 atom stereocenters. The number of rotatable bonds is 8. The lowest BCUT2D eigenvalue weighted by molar-refractivity contribution is -0.117. The standard InChI is InChI=1S/C24H25FN4O3.C2H6/c1-3-4-21(30)19-9-14(2)18(13-26-19)17-10-16-12-27-22(28-23(31)15-5-6-15)11-20(16)29(8-7-25)24(17)32;1-2/h9-13,15H,3-8H2,1-2H3,(H,27,28,31);1-2H3. The fraction of sp³-hybridized carbons (Fsp3) is 0.423. The summed E-state index contributed by atoms with van der Waals surface area (Å²) in [5.41, 5.74) is 2.20. The van der Waals surface area contributed by atoms with Crippen molar-refractivity contribution in [1.82, 2.24) is 14.5 Å². The molecule has 34 heavy (non-hydrogen) atoms. The van der Waals surface area contributed by atoms with Gasteiger partial charge in [-0.3, -0.25) is 19.4 Å². The van der Waals surface area contributed by atoms with E-state index >= 15 is 0 Å². The molecule has 0 bridgehead atoms. The second-order valence-electron chi connectivity index (χ2n) is 8.15. The molecular weight excluding hydrogens is 435 g/mol. The van der Waals surface area contributed by atoms with Crippen LogP contribution in [-0.4, -0.2) is 32.9 Å². The number of Topliss-reactive ketones (excluding diaryl/α,β-unsaturated/α-hetero) is 1. The van der Waals surface area contributed by atoms with Crippen LogP contribution in [0.3, 0.4) is 0 Å². The van der Waals surface area contributed by atoms with E-state index in [-0.39, 0.29) is 29.7 Å². The Balaban J connectivity index is 0.00000158. The average Bonchev–Trinajstić information content (AvgIpc) is 3.68. The van der Waals surface area contributed by atoms with Crippen LogP contribution in [0.4, 0.5) is 10.2 Å². The number of pyridine rings is 3. The summed E-state index contributed by atoms with van der Waals surface area (Å²) in [6, 6.07) is 4.99. The van der Waals surface area contributed by atoms with Crippen molar-refractivity contribution in [2.24, 2.45) is 5.92 Å². The number of aryl methyl sites for hydroxylation is 2. The number of fused-ring (bicyclic) bond motifs is 1. The van der Waals surface area contributed by atoms with Gasteiger partial charge in [-0.15, -0.1) is 0 Å². The number of carbonyl (C=O) groups excluding carboxylic acids is 2. The number of anilines is 1. The number of alkyl halides is 1. The molecular formula is C26H31FN4O3. The highest BCUT2D eigenvalue weighted by atomic mass is 19.1. The molecule has 7 nitrogen and oxygen atoms in total. The van der Waals surface area contributed by atoms with Crippen LogP contribution in [0.1, 0.15) is 62.5 Å². The van der Waals surface area contributed by atoms with Crippen molar-refractivity contribution in [3.63, 3.8) is 0 Å². The fourth-order valence-electron chi connectivity index (χ4n) is 3.76. The highest BCUT2D eigenvalue weighted by Gasteiger charge is 2.30. The molecule has 4 rings (SSSR count). The van der Waals surface area contributed by atoms with Crippen molar-refractivity contribution in [3.05, 3.63) is 52.2 Å². The van der Waals surface area contributed by atoms with E-state index in [1.54, 1.807) is 24.4 Å². The molecule has 1 fully saturated rings. The predicted molar refractivity (Wildman–Crippen MR) is 132 cm³/mol. The van der Waals surface area contributed by atoms with E-state index in [9.17, 15) is 18.8 Å². The molecule has 1 N–H and O–H groups in total. The molecule has 1 saturated carbocycles. The fourth-order valence-corrected chi connectivity index (χ4v) is 3.76. The second-order valence-corrected chi connectivity index (χ2v) is 8.15. The molecule has 0 unspecified atom stereocenters. The molecule has 180 valence electrons. The Labute approximate surface area is 198 Å². The third kappa shape index (κ3) is 5.38. The summed E-state index contributed by atoms with van der Waals surface area (Å²) < 4.78 is 14.7. The molecule has 3 heterocycles. The van der Waals surface area contributed by atoms with E-state index in [1.165, 1.54) is 10.8 Å². The summed E-state index contributed by atoms with van der Waals surface area (Å²) in [5.74, 6) is 0.226. The highest BCUT2D eigenvalue weighted by molar-refractivity contribution is 5.96. The van der Waals surface area contributed by atoms with Gasteiger partial charge in [0.15, 0.2) is 5.78 Å². The lowest BCUT2D eigenvalue weighted by Crippen LogP contribution is -2.24. The van der Waals surface area contributed by atoms with Gasteiger partial charge < -0.3 is 9.88 Å². The monoisotopic (exact) mass is 466 g/mol. The van der Waals surface area contributed by atoms with Crippen LogP contribution in [0.5, 0.6) is 0 Å². The molecule has 0 spiro atoms. The third-order valence-electron chi connectivity index (χ3n) is 5.65. The molecule has 3 aromatic heterocycles. The summed E-state index contributed by atoms with van der Waals surface area (Å²) in [4.78, 5) is 46.1. The summed E-state index contributed by atoms with van der Waals surface area (Å²) >= 11 is 0. The van der Waals surface area contributed by atoms with Crippen molar-refractivity contribution in [2.45, 2.75) is 59.9 Å². The van der Waals surface area contributed by atoms with Gasteiger partial charge in [0.1, 0.15) is 18.2 Å². The summed E-state index contributed by atoms with van der Waals surface area (Å²) in [5, 5.41) is 3.41. The van der Waals surface area contributed by atoms with Gasteiger partial charge in [-0.05, 0) is 43.9 Å². The number of nitrogens with zero attached hydrogens (tertiary/aromatic N) is 3. The first-order valence-corrected chi connectivity index (χ1v) is 11.8. The Hall–Kier alpha value is -3.42. The molecule has 1 aliphatic rings. The van der Waals surface area contributed by atoms with Crippen LogP contribution >= 0.6 is 0 Å². The summed E-state index contributed by atoms with van der Waals surface area (Å²) in [6.07, 6.45) is 5.97. The van der Waals surface area contributed by atoms with Gasteiger partial charge in [-0.25, -0.2) is 9.37 Å². The molecule has 0 radical (unpaired) electrons. The number of nitrogens with one attached hydrogen (secondary N) is 1. The van der Waals surface area contributed by atoms with Gasteiger partial charge in [0.05, 0.1) is 12.1 Å².